The lowest BCUT2D eigenvalue weighted by Gasteiger charge is -2.52. The first-order chi connectivity index (χ1) is 7.40. The maximum atomic E-state index is 4.30. The second kappa shape index (κ2) is 4.18. The largest absolute Gasteiger partial charge is 0.308 e. The van der Waals surface area contributed by atoms with Crippen LogP contribution in [0.15, 0.2) is 12.2 Å². The summed E-state index contributed by atoms with van der Waals surface area (Å²) in [5.74, 6) is 2.38. The first-order valence-electron chi connectivity index (χ1n) is 6.85. The van der Waals surface area contributed by atoms with Crippen LogP contribution in [0.4, 0.5) is 0 Å². The zero-order valence-electron chi connectivity index (χ0n) is 11.3. The average molecular weight is 221 g/mol. The van der Waals surface area contributed by atoms with E-state index in [4.69, 9.17) is 0 Å². The zero-order valence-corrected chi connectivity index (χ0v) is 11.3. The first-order valence-corrected chi connectivity index (χ1v) is 6.85. The van der Waals surface area contributed by atoms with Crippen LogP contribution in [0.5, 0.6) is 0 Å². The van der Waals surface area contributed by atoms with E-state index >= 15 is 0 Å². The molecule has 2 bridgehead atoms. The molecule has 1 saturated heterocycles. The Morgan fingerprint density at radius 1 is 1.44 bits per heavy atom. The van der Waals surface area contributed by atoms with Gasteiger partial charge in [0, 0.05) is 11.6 Å². The lowest BCUT2D eigenvalue weighted by Crippen LogP contribution is -2.60. The van der Waals surface area contributed by atoms with E-state index in [-0.39, 0.29) is 0 Å². The number of hydrogen-bond acceptors (Lipinski definition) is 1. The summed E-state index contributed by atoms with van der Waals surface area (Å²) in [5, 5.41) is 3.90. The predicted molar refractivity (Wildman–Crippen MR) is 70.4 cm³/mol. The molecule has 0 aromatic carbocycles. The molecule has 1 heteroatoms. The van der Waals surface area contributed by atoms with E-state index in [0.29, 0.717) is 11.6 Å². The molecule has 1 nitrogen and oxygen atoms in total. The van der Waals surface area contributed by atoms with Gasteiger partial charge in [-0.1, -0.05) is 26.0 Å². The molecule has 1 aliphatic carbocycles. The summed E-state index contributed by atoms with van der Waals surface area (Å²) in [6, 6.07) is 0.666. The number of nitrogens with one attached hydrogen (secondary N) is 1. The van der Waals surface area contributed by atoms with Crippen LogP contribution in [0.2, 0.25) is 0 Å². The molecule has 2 rings (SSSR count). The lowest BCUT2D eigenvalue weighted by atomic mass is 9.64. The predicted octanol–water partition coefficient (Wildman–Crippen LogP) is 3.76. The minimum atomic E-state index is 0.330. The monoisotopic (exact) mass is 221 g/mol. The third-order valence-corrected chi connectivity index (χ3v) is 4.67. The van der Waals surface area contributed by atoms with Gasteiger partial charge in [0.25, 0.3) is 0 Å². The Kier molecular flexibility index (Phi) is 3.18. The molecule has 0 aromatic rings. The molecule has 0 aromatic heterocycles. The van der Waals surface area contributed by atoms with Gasteiger partial charge in [0.2, 0.25) is 0 Å². The van der Waals surface area contributed by atoms with Crippen LogP contribution in [-0.2, 0) is 0 Å². The molecule has 1 saturated carbocycles. The molecule has 16 heavy (non-hydrogen) atoms. The first kappa shape index (κ1) is 12.2. The van der Waals surface area contributed by atoms with E-state index in [1.807, 2.05) is 0 Å². The molecule has 2 aliphatic rings. The van der Waals surface area contributed by atoms with E-state index in [9.17, 15) is 0 Å². The van der Waals surface area contributed by atoms with Crippen molar-refractivity contribution in [2.24, 2.45) is 17.8 Å². The van der Waals surface area contributed by atoms with Crippen LogP contribution in [-0.4, -0.2) is 11.6 Å². The van der Waals surface area contributed by atoms with Crippen molar-refractivity contribution in [3.8, 4) is 0 Å². The van der Waals surface area contributed by atoms with Crippen molar-refractivity contribution in [2.45, 2.75) is 65.0 Å². The Labute approximate surface area is 101 Å². The van der Waals surface area contributed by atoms with Crippen LogP contribution in [0.1, 0.15) is 53.4 Å². The van der Waals surface area contributed by atoms with Crippen LogP contribution >= 0.6 is 0 Å². The van der Waals surface area contributed by atoms with Crippen molar-refractivity contribution >= 4 is 0 Å². The normalized spacial score (nSPS) is 37.8. The minimum absolute atomic E-state index is 0.330. The van der Waals surface area contributed by atoms with Crippen molar-refractivity contribution in [2.75, 3.05) is 0 Å². The SMILES string of the molecule is C=C1CCC2C[C@H]1[C@@H](CC(C)C)NC2(C)C. The number of hydrogen-bond donors (Lipinski definition) is 1. The number of rotatable bonds is 2. The van der Waals surface area contributed by atoms with E-state index in [1.54, 1.807) is 0 Å². The molecule has 1 heterocycles. The van der Waals surface area contributed by atoms with Crippen molar-refractivity contribution in [3.05, 3.63) is 12.2 Å². The summed E-state index contributed by atoms with van der Waals surface area (Å²) in [6.45, 7) is 13.7. The van der Waals surface area contributed by atoms with Gasteiger partial charge < -0.3 is 5.32 Å². The summed E-state index contributed by atoms with van der Waals surface area (Å²) in [4.78, 5) is 0. The van der Waals surface area contributed by atoms with Crippen LogP contribution in [0.25, 0.3) is 0 Å². The van der Waals surface area contributed by atoms with Gasteiger partial charge in [0.15, 0.2) is 0 Å². The highest BCUT2D eigenvalue weighted by Crippen LogP contribution is 2.45. The summed E-state index contributed by atoms with van der Waals surface area (Å²) in [7, 11) is 0. The van der Waals surface area contributed by atoms with Crippen molar-refractivity contribution in [1.82, 2.24) is 5.32 Å². The fourth-order valence-corrected chi connectivity index (χ4v) is 3.67. The van der Waals surface area contributed by atoms with Crippen molar-refractivity contribution < 1.29 is 0 Å². The molecule has 2 fully saturated rings. The molecule has 3 atom stereocenters. The fourth-order valence-electron chi connectivity index (χ4n) is 3.67. The van der Waals surface area contributed by atoms with E-state index in [1.165, 1.54) is 31.3 Å². The molecule has 1 unspecified atom stereocenters. The molecule has 92 valence electrons. The highest BCUT2D eigenvalue weighted by Gasteiger charge is 2.44. The Balaban J connectivity index is 2.15. The van der Waals surface area contributed by atoms with Crippen LogP contribution in [0, 0.1) is 17.8 Å². The number of fused-ring (bicyclic) bond motifs is 2. The number of piperidine rings is 1. The quantitative estimate of drug-likeness (QED) is 0.700. The molecule has 0 spiro atoms. The Bertz CT molecular complexity index is 277. The van der Waals surface area contributed by atoms with Gasteiger partial charge in [-0.2, -0.15) is 0 Å². The highest BCUT2D eigenvalue weighted by molar-refractivity contribution is 5.15. The Morgan fingerprint density at radius 2 is 2.12 bits per heavy atom. The standard InChI is InChI=1S/C15H27N/c1-10(2)8-14-13-9-12(7-6-11(13)3)15(4,5)16-14/h10,12-14,16H,3,6-9H2,1-2,4-5H3/t12?,13-,14-/m1/s1. The minimum Gasteiger partial charge on any atom is -0.308 e. The third kappa shape index (κ3) is 2.20. The maximum absolute atomic E-state index is 4.30. The van der Waals surface area contributed by atoms with Gasteiger partial charge in [-0.15, -0.1) is 0 Å². The van der Waals surface area contributed by atoms with E-state index < -0.39 is 0 Å². The summed E-state index contributed by atoms with van der Waals surface area (Å²) in [5.41, 5.74) is 1.83. The van der Waals surface area contributed by atoms with Gasteiger partial charge in [-0.3, -0.25) is 0 Å². The molecular formula is C15H27N. The van der Waals surface area contributed by atoms with Gasteiger partial charge in [0.05, 0.1) is 0 Å². The van der Waals surface area contributed by atoms with E-state index in [0.717, 1.165) is 17.8 Å². The Morgan fingerprint density at radius 3 is 2.75 bits per heavy atom. The van der Waals surface area contributed by atoms with Gasteiger partial charge in [-0.05, 0) is 57.3 Å². The second-order valence-electron chi connectivity index (χ2n) is 6.84. The van der Waals surface area contributed by atoms with Gasteiger partial charge in [-0.25, -0.2) is 0 Å². The smallest absolute Gasteiger partial charge is 0.0156 e. The van der Waals surface area contributed by atoms with Gasteiger partial charge in [0.1, 0.15) is 0 Å². The summed E-state index contributed by atoms with van der Waals surface area (Å²) < 4.78 is 0. The molecule has 1 N–H and O–H groups in total. The van der Waals surface area contributed by atoms with Crippen molar-refractivity contribution in [3.63, 3.8) is 0 Å². The summed E-state index contributed by atoms with van der Waals surface area (Å²) >= 11 is 0. The molecule has 1 aliphatic heterocycles. The second-order valence-corrected chi connectivity index (χ2v) is 6.84. The average Bonchev–Trinajstić information content (AvgIpc) is 2.14. The Hall–Kier alpha value is -0.300. The topological polar surface area (TPSA) is 12.0 Å². The molecule has 0 amide bonds. The van der Waals surface area contributed by atoms with Gasteiger partial charge >= 0.3 is 0 Å². The molecule has 0 radical (unpaired) electrons. The van der Waals surface area contributed by atoms with E-state index in [2.05, 4.69) is 39.6 Å². The summed E-state index contributed by atoms with van der Waals surface area (Å²) in [6.07, 6.45) is 5.26. The molecular weight excluding hydrogens is 194 g/mol. The third-order valence-electron chi connectivity index (χ3n) is 4.67. The van der Waals surface area contributed by atoms with Crippen LogP contribution < -0.4 is 5.32 Å². The van der Waals surface area contributed by atoms with Crippen LogP contribution in [0.3, 0.4) is 0 Å². The fraction of sp³-hybridized carbons (Fsp3) is 0.867. The maximum Gasteiger partial charge on any atom is 0.0156 e. The highest BCUT2D eigenvalue weighted by atomic mass is 15.0. The lowest BCUT2D eigenvalue weighted by molar-refractivity contribution is 0.0804. The van der Waals surface area contributed by atoms with Crippen molar-refractivity contribution in [1.29, 1.82) is 0 Å². The zero-order chi connectivity index (χ0) is 11.9.